The van der Waals surface area contributed by atoms with Crippen LogP contribution in [0.25, 0.3) is 0 Å². The molecule has 0 aromatic rings. The Bertz CT molecular complexity index is 345. The molecule has 0 saturated carbocycles. The van der Waals surface area contributed by atoms with E-state index < -0.39 is 27.3 Å². The first-order chi connectivity index (χ1) is 6.70. The van der Waals surface area contributed by atoms with Crippen LogP contribution in [0.1, 0.15) is 27.2 Å². The molecule has 0 heterocycles. The third-order valence-electron chi connectivity index (χ3n) is 1.95. The Morgan fingerprint density at radius 2 is 1.93 bits per heavy atom. The molecule has 0 fully saturated rings. The first-order valence-electron chi connectivity index (χ1n) is 4.65. The highest BCUT2D eigenvalue weighted by Crippen LogP contribution is 2.09. The molecule has 0 aliphatic carbocycles. The van der Waals surface area contributed by atoms with Crippen molar-refractivity contribution in [2.24, 2.45) is 5.92 Å². The maximum Gasteiger partial charge on any atom is 0.286 e. The van der Waals surface area contributed by atoms with Gasteiger partial charge in [0.25, 0.3) is 10.1 Å². The lowest BCUT2D eigenvalue weighted by atomic mass is 10.2. The minimum absolute atomic E-state index is 0.282. The molecule has 88 valence electrons. The lowest BCUT2D eigenvalue weighted by Gasteiger charge is -2.19. The molecule has 0 rings (SSSR count). The topological polar surface area (TPSA) is 83.5 Å². The highest BCUT2D eigenvalue weighted by molar-refractivity contribution is 7.86. The average molecular weight is 235 g/mol. The van der Waals surface area contributed by atoms with E-state index in [4.69, 9.17) is 4.55 Å². The van der Waals surface area contributed by atoms with Crippen molar-refractivity contribution in [2.75, 3.05) is 0 Å². The number of carbonyl (C=O) groups excluding carboxylic acids is 1. The van der Waals surface area contributed by atoms with E-state index in [1.54, 1.807) is 20.8 Å². The third-order valence-corrected chi connectivity index (χ3v) is 3.25. The highest BCUT2D eigenvalue weighted by Gasteiger charge is 2.28. The second-order valence-electron chi connectivity index (χ2n) is 3.61. The summed E-state index contributed by atoms with van der Waals surface area (Å²) >= 11 is 0. The van der Waals surface area contributed by atoms with Crippen LogP contribution in [-0.4, -0.2) is 24.3 Å². The van der Waals surface area contributed by atoms with Crippen LogP contribution in [0.3, 0.4) is 0 Å². The van der Waals surface area contributed by atoms with Crippen molar-refractivity contribution in [1.82, 2.24) is 5.32 Å². The maximum atomic E-state index is 11.3. The number of carbonyl (C=O) groups is 1. The second kappa shape index (κ2) is 5.27. The quantitative estimate of drug-likeness (QED) is 0.548. The molecule has 0 aliphatic rings. The fourth-order valence-electron chi connectivity index (χ4n) is 0.977. The largest absolute Gasteiger partial charge is 0.334 e. The molecule has 2 N–H and O–H groups in total. The Kier molecular flexibility index (Phi) is 4.96. The molecule has 15 heavy (non-hydrogen) atoms. The molecule has 1 amide bonds. The van der Waals surface area contributed by atoms with Gasteiger partial charge in [0.1, 0.15) is 0 Å². The van der Waals surface area contributed by atoms with Crippen molar-refractivity contribution in [3.8, 4) is 0 Å². The van der Waals surface area contributed by atoms with Gasteiger partial charge < -0.3 is 5.32 Å². The zero-order valence-electron chi connectivity index (χ0n) is 9.15. The molecule has 0 radical (unpaired) electrons. The standard InChI is InChI=1S/C9H17NO4S/c1-5-7(4)8(11)10-9(6(2)3)15(12,13)14/h6,9H,4-5H2,1-3H3,(H,10,11)(H,12,13,14). The van der Waals surface area contributed by atoms with Gasteiger partial charge in [0, 0.05) is 5.57 Å². The van der Waals surface area contributed by atoms with E-state index in [-0.39, 0.29) is 5.57 Å². The van der Waals surface area contributed by atoms with Crippen LogP contribution in [0.15, 0.2) is 12.2 Å². The normalized spacial score (nSPS) is 13.7. The molecule has 5 nitrogen and oxygen atoms in total. The second-order valence-corrected chi connectivity index (χ2v) is 5.15. The predicted octanol–water partition coefficient (Wildman–Crippen LogP) is 0.939. The summed E-state index contributed by atoms with van der Waals surface area (Å²) in [6.07, 6.45) is 0.433. The SMILES string of the molecule is C=C(CC)C(=O)NC(C(C)C)S(=O)(=O)O. The molecule has 0 bridgehead atoms. The van der Waals surface area contributed by atoms with Crippen molar-refractivity contribution >= 4 is 16.0 Å². The summed E-state index contributed by atoms with van der Waals surface area (Å²) in [4.78, 5) is 11.3. The minimum atomic E-state index is -4.27. The van der Waals surface area contributed by atoms with E-state index in [1.165, 1.54) is 0 Å². The van der Waals surface area contributed by atoms with E-state index in [1.807, 2.05) is 0 Å². The van der Waals surface area contributed by atoms with Gasteiger partial charge in [-0.25, -0.2) is 0 Å². The van der Waals surface area contributed by atoms with Crippen molar-refractivity contribution in [2.45, 2.75) is 32.6 Å². The van der Waals surface area contributed by atoms with E-state index in [0.717, 1.165) is 0 Å². The van der Waals surface area contributed by atoms with Gasteiger partial charge in [0.05, 0.1) is 0 Å². The Balaban J connectivity index is 4.73. The maximum absolute atomic E-state index is 11.3. The van der Waals surface area contributed by atoms with Crippen LogP contribution < -0.4 is 5.32 Å². The predicted molar refractivity (Wildman–Crippen MR) is 57.7 cm³/mol. The first kappa shape index (κ1) is 14.1. The minimum Gasteiger partial charge on any atom is -0.334 e. The highest BCUT2D eigenvalue weighted by atomic mass is 32.2. The summed E-state index contributed by atoms with van der Waals surface area (Å²) in [5.41, 5.74) is 0.282. The van der Waals surface area contributed by atoms with Gasteiger partial charge in [-0.05, 0) is 12.3 Å². The fourth-order valence-corrected chi connectivity index (χ4v) is 1.92. The molecule has 0 spiro atoms. The summed E-state index contributed by atoms with van der Waals surface area (Å²) in [6.45, 7) is 8.40. The Morgan fingerprint density at radius 1 is 1.47 bits per heavy atom. The van der Waals surface area contributed by atoms with Crippen molar-refractivity contribution in [3.63, 3.8) is 0 Å². The molecular formula is C9H17NO4S. The molecule has 6 heteroatoms. The molecular weight excluding hydrogens is 218 g/mol. The number of nitrogens with one attached hydrogen (secondary N) is 1. The van der Waals surface area contributed by atoms with Gasteiger partial charge in [-0.1, -0.05) is 27.4 Å². The lowest BCUT2D eigenvalue weighted by molar-refractivity contribution is -0.118. The van der Waals surface area contributed by atoms with E-state index >= 15 is 0 Å². The van der Waals surface area contributed by atoms with E-state index in [0.29, 0.717) is 6.42 Å². The summed E-state index contributed by atoms with van der Waals surface area (Å²) in [5, 5.41) is 0.947. The molecule has 0 saturated heterocycles. The molecule has 0 aliphatic heterocycles. The summed E-state index contributed by atoms with van der Waals surface area (Å²) in [6, 6.07) is 0. The Hall–Kier alpha value is -0.880. The number of hydrogen-bond acceptors (Lipinski definition) is 3. The monoisotopic (exact) mass is 235 g/mol. The van der Waals surface area contributed by atoms with E-state index in [9.17, 15) is 13.2 Å². The summed E-state index contributed by atoms with van der Waals surface area (Å²) < 4.78 is 30.7. The van der Waals surface area contributed by atoms with Gasteiger partial charge in [0.2, 0.25) is 5.91 Å². The number of rotatable bonds is 5. The van der Waals surface area contributed by atoms with Crippen LogP contribution in [-0.2, 0) is 14.9 Å². The molecule has 0 aromatic heterocycles. The zero-order valence-corrected chi connectivity index (χ0v) is 9.97. The van der Waals surface area contributed by atoms with Crippen LogP contribution >= 0.6 is 0 Å². The zero-order chi connectivity index (χ0) is 12.2. The van der Waals surface area contributed by atoms with Crippen molar-refractivity contribution < 1.29 is 17.8 Å². The van der Waals surface area contributed by atoms with Gasteiger partial charge in [-0.15, -0.1) is 0 Å². The smallest absolute Gasteiger partial charge is 0.286 e. The van der Waals surface area contributed by atoms with Gasteiger partial charge >= 0.3 is 0 Å². The van der Waals surface area contributed by atoms with E-state index in [2.05, 4.69) is 11.9 Å². The molecule has 1 unspecified atom stereocenters. The third kappa shape index (κ3) is 4.44. The van der Waals surface area contributed by atoms with Crippen LogP contribution in [0, 0.1) is 5.92 Å². The van der Waals surface area contributed by atoms with Gasteiger partial charge in [-0.2, -0.15) is 8.42 Å². The van der Waals surface area contributed by atoms with Crippen LogP contribution in [0.5, 0.6) is 0 Å². The van der Waals surface area contributed by atoms with Crippen LogP contribution in [0.4, 0.5) is 0 Å². The molecule has 0 aromatic carbocycles. The first-order valence-corrected chi connectivity index (χ1v) is 6.15. The Labute approximate surface area is 90.3 Å². The lowest BCUT2D eigenvalue weighted by Crippen LogP contribution is -2.44. The number of amides is 1. The van der Waals surface area contributed by atoms with Crippen LogP contribution in [0.2, 0.25) is 0 Å². The van der Waals surface area contributed by atoms with Gasteiger partial charge in [-0.3, -0.25) is 9.35 Å². The average Bonchev–Trinajstić information content (AvgIpc) is 2.09. The van der Waals surface area contributed by atoms with Crippen molar-refractivity contribution in [3.05, 3.63) is 12.2 Å². The summed E-state index contributed by atoms with van der Waals surface area (Å²) in [7, 11) is -4.27. The fraction of sp³-hybridized carbons (Fsp3) is 0.667. The Morgan fingerprint density at radius 3 is 2.20 bits per heavy atom. The van der Waals surface area contributed by atoms with Gasteiger partial charge in [0.15, 0.2) is 5.37 Å². The molecule has 1 atom stereocenters. The summed E-state index contributed by atoms with van der Waals surface area (Å²) in [5.74, 6) is -0.956. The van der Waals surface area contributed by atoms with Crippen molar-refractivity contribution in [1.29, 1.82) is 0 Å². The number of hydrogen-bond donors (Lipinski definition) is 2.